The molecule has 0 radical (unpaired) electrons. The van der Waals surface area contributed by atoms with Crippen LogP contribution in [-0.2, 0) is 0 Å². The largest absolute Gasteiger partial charge is 0.304 e. The lowest BCUT2D eigenvalue weighted by Crippen LogP contribution is -2.24. The fourth-order valence-electron chi connectivity index (χ4n) is 2.09. The van der Waals surface area contributed by atoms with Gasteiger partial charge in [-0.3, -0.25) is 5.10 Å². The van der Waals surface area contributed by atoms with Crippen LogP contribution < -0.4 is 5.32 Å². The van der Waals surface area contributed by atoms with Gasteiger partial charge in [0.05, 0.1) is 6.04 Å². The molecule has 102 valence electrons. The molecule has 2 rings (SSSR count). The Morgan fingerprint density at radius 3 is 2.37 bits per heavy atom. The first-order chi connectivity index (χ1) is 9.22. The Balaban J connectivity index is 2.22. The van der Waals surface area contributed by atoms with Crippen LogP contribution in [0.2, 0.25) is 0 Å². The molecule has 0 saturated carbocycles. The minimum atomic E-state index is 0.0867. The first-order valence-corrected chi connectivity index (χ1v) is 6.91. The summed E-state index contributed by atoms with van der Waals surface area (Å²) in [5.74, 6) is 1.42. The summed E-state index contributed by atoms with van der Waals surface area (Å²) < 4.78 is 0. The number of benzene rings is 1. The third-order valence-electron chi connectivity index (χ3n) is 3.24. The molecule has 2 N–H and O–H groups in total. The van der Waals surface area contributed by atoms with Gasteiger partial charge < -0.3 is 5.32 Å². The van der Waals surface area contributed by atoms with Gasteiger partial charge in [0.15, 0.2) is 0 Å². The average molecular weight is 258 g/mol. The van der Waals surface area contributed by atoms with Crippen LogP contribution in [0.5, 0.6) is 0 Å². The van der Waals surface area contributed by atoms with Crippen LogP contribution in [0.15, 0.2) is 30.6 Å². The summed E-state index contributed by atoms with van der Waals surface area (Å²) in [5, 5.41) is 10.4. The van der Waals surface area contributed by atoms with Gasteiger partial charge >= 0.3 is 0 Å². The van der Waals surface area contributed by atoms with Crippen LogP contribution in [0.1, 0.15) is 56.1 Å². The molecule has 4 nitrogen and oxygen atoms in total. The van der Waals surface area contributed by atoms with Crippen LogP contribution in [0, 0.1) is 0 Å². The van der Waals surface area contributed by atoms with Crippen molar-refractivity contribution < 1.29 is 0 Å². The Hall–Kier alpha value is -1.68. The van der Waals surface area contributed by atoms with Crippen molar-refractivity contribution >= 4 is 0 Å². The lowest BCUT2D eigenvalue weighted by atomic mass is 9.99. The molecule has 2 aromatic rings. The van der Waals surface area contributed by atoms with Gasteiger partial charge in [-0.05, 0) is 30.0 Å². The van der Waals surface area contributed by atoms with Gasteiger partial charge in [0.1, 0.15) is 12.2 Å². The normalized spacial score (nSPS) is 12.8. The molecule has 0 spiro atoms. The zero-order valence-electron chi connectivity index (χ0n) is 11.9. The second kappa shape index (κ2) is 6.48. The van der Waals surface area contributed by atoms with E-state index in [4.69, 9.17) is 0 Å². The van der Waals surface area contributed by atoms with Gasteiger partial charge in [-0.25, -0.2) is 4.98 Å². The van der Waals surface area contributed by atoms with Crippen molar-refractivity contribution in [1.82, 2.24) is 20.5 Å². The zero-order valence-corrected chi connectivity index (χ0v) is 11.9. The monoisotopic (exact) mass is 258 g/mol. The molecule has 1 atom stereocenters. The van der Waals surface area contributed by atoms with Crippen LogP contribution in [-0.4, -0.2) is 21.7 Å². The maximum absolute atomic E-state index is 4.27. The van der Waals surface area contributed by atoms with Crippen molar-refractivity contribution in [3.63, 3.8) is 0 Å². The number of aromatic nitrogens is 3. The molecule has 0 aliphatic heterocycles. The summed E-state index contributed by atoms with van der Waals surface area (Å²) >= 11 is 0. The van der Waals surface area contributed by atoms with E-state index in [-0.39, 0.29) is 6.04 Å². The van der Waals surface area contributed by atoms with Crippen LogP contribution in [0.25, 0.3) is 0 Å². The standard InChI is InChI=1S/C15H22N4/c1-4-9-16-14(15-17-10-18-19-15)13-7-5-12(6-8-13)11(2)3/h5-8,10-11,14,16H,4,9H2,1-3H3,(H,17,18,19). The predicted octanol–water partition coefficient (Wildman–Crippen LogP) is 3.02. The number of nitrogens with one attached hydrogen (secondary N) is 2. The van der Waals surface area contributed by atoms with E-state index >= 15 is 0 Å². The number of hydrogen-bond donors (Lipinski definition) is 2. The highest BCUT2D eigenvalue weighted by Gasteiger charge is 2.16. The topological polar surface area (TPSA) is 53.6 Å². The van der Waals surface area contributed by atoms with Crippen LogP contribution >= 0.6 is 0 Å². The first-order valence-electron chi connectivity index (χ1n) is 6.91. The summed E-state index contributed by atoms with van der Waals surface area (Å²) in [5.41, 5.74) is 2.57. The summed E-state index contributed by atoms with van der Waals surface area (Å²) in [7, 11) is 0. The van der Waals surface area contributed by atoms with Crippen molar-refractivity contribution in [1.29, 1.82) is 0 Å². The highest BCUT2D eigenvalue weighted by Crippen LogP contribution is 2.21. The van der Waals surface area contributed by atoms with Crippen molar-refractivity contribution in [2.45, 2.75) is 39.2 Å². The van der Waals surface area contributed by atoms with E-state index in [1.807, 2.05) is 0 Å². The lowest BCUT2D eigenvalue weighted by molar-refractivity contribution is 0.573. The van der Waals surface area contributed by atoms with E-state index in [1.165, 1.54) is 11.1 Å². The molecule has 0 amide bonds. The maximum atomic E-state index is 4.27. The Kier molecular flexibility index (Phi) is 4.68. The fourth-order valence-corrected chi connectivity index (χ4v) is 2.09. The van der Waals surface area contributed by atoms with E-state index in [9.17, 15) is 0 Å². The zero-order chi connectivity index (χ0) is 13.7. The van der Waals surface area contributed by atoms with Gasteiger partial charge in [-0.1, -0.05) is 45.0 Å². The molecule has 4 heteroatoms. The van der Waals surface area contributed by atoms with Gasteiger partial charge in [0.25, 0.3) is 0 Å². The quantitative estimate of drug-likeness (QED) is 0.837. The third kappa shape index (κ3) is 3.41. The van der Waals surface area contributed by atoms with Gasteiger partial charge in [-0.15, -0.1) is 0 Å². The fraction of sp³-hybridized carbons (Fsp3) is 0.467. The van der Waals surface area contributed by atoms with Crippen molar-refractivity contribution in [2.24, 2.45) is 0 Å². The highest BCUT2D eigenvalue weighted by molar-refractivity contribution is 5.29. The molecular formula is C15H22N4. The van der Waals surface area contributed by atoms with Crippen molar-refractivity contribution in [2.75, 3.05) is 6.54 Å². The second-order valence-electron chi connectivity index (χ2n) is 5.08. The van der Waals surface area contributed by atoms with Crippen LogP contribution in [0.4, 0.5) is 0 Å². The smallest absolute Gasteiger partial charge is 0.145 e. The Labute approximate surface area is 114 Å². The Bertz CT molecular complexity index is 473. The maximum Gasteiger partial charge on any atom is 0.145 e. The molecule has 19 heavy (non-hydrogen) atoms. The van der Waals surface area contributed by atoms with Crippen molar-refractivity contribution in [3.8, 4) is 0 Å². The molecular weight excluding hydrogens is 236 g/mol. The number of aromatic amines is 1. The lowest BCUT2D eigenvalue weighted by Gasteiger charge is -2.17. The molecule has 0 saturated heterocycles. The van der Waals surface area contributed by atoms with E-state index in [1.54, 1.807) is 6.33 Å². The molecule has 0 bridgehead atoms. The molecule has 1 aromatic carbocycles. The Morgan fingerprint density at radius 2 is 1.84 bits per heavy atom. The first kappa shape index (κ1) is 13.7. The number of rotatable bonds is 6. The summed E-state index contributed by atoms with van der Waals surface area (Å²) in [4.78, 5) is 4.27. The molecule has 0 aliphatic carbocycles. The third-order valence-corrected chi connectivity index (χ3v) is 3.24. The molecule has 1 unspecified atom stereocenters. The van der Waals surface area contributed by atoms with Gasteiger partial charge in [-0.2, -0.15) is 5.10 Å². The summed E-state index contributed by atoms with van der Waals surface area (Å²) in [6.45, 7) is 7.53. The van der Waals surface area contributed by atoms with E-state index in [0.29, 0.717) is 5.92 Å². The molecule has 1 aromatic heterocycles. The average Bonchev–Trinajstić information content (AvgIpc) is 2.94. The molecule has 0 fully saturated rings. The van der Waals surface area contributed by atoms with Gasteiger partial charge in [0.2, 0.25) is 0 Å². The van der Waals surface area contributed by atoms with E-state index in [0.717, 1.165) is 18.8 Å². The van der Waals surface area contributed by atoms with Crippen LogP contribution in [0.3, 0.4) is 0 Å². The number of nitrogens with zero attached hydrogens (tertiary/aromatic N) is 2. The Morgan fingerprint density at radius 1 is 1.16 bits per heavy atom. The highest BCUT2D eigenvalue weighted by atomic mass is 15.2. The summed E-state index contributed by atoms with van der Waals surface area (Å²) in [6.07, 6.45) is 2.65. The minimum Gasteiger partial charge on any atom is -0.304 e. The SMILES string of the molecule is CCCNC(c1ccc(C(C)C)cc1)c1ncn[nH]1. The minimum absolute atomic E-state index is 0.0867. The van der Waals surface area contributed by atoms with E-state index in [2.05, 4.69) is 65.5 Å². The number of hydrogen-bond acceptors (Lipinski definition) is 3. The van der Waals surface area contributed by atoms with E-state index < -0.39 is 0 Å². The number of H-pyrrole nitrogens is 1. The molecule has 1 heterocycles. The summed E-state index contributed by atoms with van der Waals surface area (Å²) in [6, 6.07) is 8.81. The molecule has 0 aliphatic rings. The predicted molar refractivity (Wildman–Crippen MR) is 77.1 cm³/mol. The second-order valence-corrected chi connectivity index (χ2v) is 5.08. The van der Waals surface area contributed by atoms with Gasteiger partial charge in [0, 0.05) is 0 Å². The van der Waals surface area contributed by atoms with Crippen molar-refractivity contribution in [3.05, 3.63) is 47.5 Å².